The monoisotopic (exact) mass is 363 g/mol. The largest absolute Gasteiger partial charge is 0.326 e. The van der Waals surface area contributed by atoms with Gasteiger partial charge in [0, 0.05) is 16.4 Å². The Labute approximate surface area is 149 Å². The quantitative estimate of drug-likeness (QED) is 0.619. The van der Waals surface area contributed by atoms with E-state index in [1.54, 1.807) is 25.1 Å². The third-order valence-electron chi connectivity index (χ3n) is 3.00. The molecule has 0 spiro atoms. The third kappa shape index (κ3) is 5.37. The number of nitrogens with one attached hydrogen (secondary N) is 2. The number of hydrogen-bond donors (Lipinski definition) is 2. The highest BCUT2D eigenvalue weighted by atomic mass is 35.5. The van der Waals surface area contributed by atoms with Gasteiger partial charge in [-0.05, 0) is 37.3 Å². The lowest BCUT2D eigenvalue weighted by atomic mass is 10.2. The molecule has 0 atom stereocenters. The normalized spacial score (nSPS) is 11.0. The Balaban J connectivity index is 1.91. The molecule has 7 heteroatoms. The van der Waals surface area contributed by atoms with E-state index in [9.17, 15) is 9.59 Å². The second kappa shape index (κ2) is 8.47. The van der Waals surface area contributed by atoms with Crippen molar-refractivity contribution in [2.75, 3.05) is 5.32 Å². The topological polar surface area (TPSA) is 70.6 Å². The molecule has 24 heavy (non-hydrogen) atoms. The van der Waals surface area contributed by atoms with Crippen molar-refractivity contribution in [3.8, 4) is 0 Å². The molecule has 0 unspecified atom stereocenters. The van der Waals surface area contributed by atoms with Gasteiger partial charge in [-0.3, -0.25) is 9.59 Å². The molecule has 2 aromatic carbocycles. The van der Waals surface area contributed by atoms with Gasteiger partial charge in [0.2, 0.25) is 5.91 Å². The number of hydrogen-bond acceptors (Lipinski definition) is 3. The zero-order valence-electron chi connectivity index (χ0n) is 12.8. The van der Waals surface area contributed by atoms with Gasteiger partial charge in [-0.1, -0.05) is 41.4 Å². The predicted molar refractivity (Wildman–Crippen MR) is 96.7 cm³/mol. The van der Waals surface area contributed by atoms with Gasteiger partial charge >= 0.3 is 0 Å². The fourth-order valence-electron chi connectivity index (χ4n) is 1.88. The number of rotatable bonds is 5. The Morgan fingerprint density at radius 3 is 2.46 bits per heavy atom. The van der Waals surface area contributed by atoms with E-state index in [1.807, 2.05) is 18.2 Å². The molecule has 0 aromatic heterocycles. The lowest BCUT2D eigenvalue weighted by molar-refractivity contribution is -0.115. The van der Waals surface area contributed by atoms with Crippen LogP contribution in [0.5, 0.6) is 0 Å². The average molecular weight is 364 g/mol. The van der Waals surface area contributed by atoms with Crippen molar-refractivity contribution in [1.82, 2.24) is 5.43 Å². The van der Waals surface area contributed by atoms with E-state index in [2.05, 4.69) is 15.8 Å². The number of hydrazone groups is 1. The standard InChI is InChI=1S/C17H15Cl2N3O2/c1-11(9-16(23)20-13-5-3-2-4-6-13)21-22-17(24)14-8-7-12(18)10-15(14)19/h2-8,10H,9H2,1H3,(H,20,23)(H,22,24). The summed E-state index contributed by atoms with van der Waals surface area (Å²) < 4.78 is 0. The summed E-state index contributed by atoms with van der Waals surface area (Å²) in [7, 11) is 0. The average Bonchev–Trinajstić information content (AvgIpc) is 2.53. The number of anilines is 1. The fourth-order valence-corrected chi connectivity index (χ4v) is 2.37. The maximum atomic E-state index is 12.0. The number of para-hydroxylation sites is 1. The minimum absolute atomic E-state index is 0.0591. The van der Waals surface area contributed by atoms with Crippen molar-refractivity contribution in [2.24, 2.45) is 5.10 Å². The van der Waals surface area contributed by atoms with Crippen LogP contribution in [0, 0.1) is 0 Å². The van der Waals surface area contributed by atoms with Crippen LogP contribution in [0.1, 0.15) is 23.7 Å². The summed E-state index contributed by atoms with van der Waals surface area (Å²) in [5.41, 5.74) is 3.79. The van der Waals surface area contributed by atoms with Gasteiger partial charge < -0.3 is 5.32 Å². The molecule has 0 radical (unpaired) electrons. The van der Waals surface area contributed by atoms with Crippen molar-refractivity contribution in [2.45, 2.75) is 13.3 Å². The van der Waals surface area contributed by atoms with Gasteiger partial charge in [-0.25, -0.2) is 5.43 Å². The summed E-state index contributed by atoms with van der Waals surface area (Å²) in [5.74, 6) is -0.694. The van der Waals surface area contributed by atoms with Crippen molar-refractivity contribution in [1.29, 1.82) is 0 Å². The maximum Gasteiger partial charge on any atom is 0.272 e. The molecule has 2 N–H and O–H groups in total. The second-order valence-electron chi connectivity index (χ2n) is 5.00. The minimum atomic E-state index is -0.473. The second-order valence-corrected chi connectivity index (χ2v) is 5.85. The summed E-state index contributed by atoms with van der Waals surface area (Å²) in [4.78, 5) is 23.9. The molecule has 5 nitrogen and oxygen atoms in total. The highest BCUT2D eigenvalue weighted by molar-refractivity contribution is 6.36. The first-order chi connectivity index (χ1) is 11.5. The van der Waals surface area contributed by atoms with E-state index in [0.717, 1.165) is 0 Å². The Bertz CT molecular complexity index is 777. The van der Waals surface area contributed by atoms with E-state index in [-0.39, 0.29) is 22.9 Å². The molecular weight excluding hydrogens is 349 g/mol. The van der Waals surface area contributed by atoms with Gasteiger partial charge in [-0.2, -0.15) is 5.10 Å². The predicted octanol–water partition coefficient (Wildman–Crippen LogP) is 4.13. The first-order valence-corrected chi connectivity index (χ1v) is 7.85. The van der Waals surface area contributed by atoms with Crippen LogP contribution in [-0.4, -0.2) is 17.5 Å². The number of carbonyl (C=O) groups is 2. The SMILES string of the molecule is CC(CC(=O)Nc1ccccc1)=NNC(=O)c1ccc(Cl)cc1Cl. The maximum absolute atomic E-state index is 12.0. The molecule has 0 aliphatic carbocycles. The molecule has 0 bridgehead atoms. The van der Waals surface area contributed by atoms with Crippen LogP contribution in [0.4, 0.5) is 5.69 Å². The number of carbonyl (C=O) groups excluding carboxylic acids is 2. The van der Waals surface area contributed by atoms with Crippen LogP contribution < -0.4 is 10.7 Å². The van der Waals surface area contributed by atoms with Gasteiger partial charge in [0.05, 0.1) is 17.0 Å². The van der Waals surface area contributed by atoms with Crippen molar-refractivity contribution >= 4 is 46.4 Å². The van der Waals surface area contributed by atoms with Crippen molar-refractivity contribution in [3.05, 3.63) is 64.1 Å². The molecule has 2 rings (SSSR count). The van der Waals surface area contributed by atoms with E-state index in [0.29, 0.717) is 16.4 Å². The Kier molecular flexibility index (Phi) is 6.35. The van der Waals surface area contributed by atoms with Gasteiger partial charge in [-0.15, -0.1) is 0 Å². The van der Waals surface area contributed by atoms with Crippen molar-refractivity contribution < 1.29 is 9.59 Å². The molecule has 0 heterocycles. The van der Waals surface area contributed by atoms with E-state index in [1.165, 1.54) is 12.1 Å². The van der Waals surface area contributed by atoms with Crippen LogP contribution in [-0.2, 0) is 4.79 Å². The van der Waals surface area contributed by atoms with E-state index in [4.69, 9.17) is 23.2 Å². The van der Waals surface area contributed by atoms with Crippen LogP contribution in [0.3, 0.4) is 0 Å². The highest BCUT2D eigenvalue weighted by Gasteiger charge is 2.10. The number of halogens is 2. The summed E-state index contributed by atoms with van der Waals surface area (Å²) in [5, 5.41) is 7.32. The number of amides is 2. The first kappa shape index (κ1) is 18.0. The van der Waals surface area contributed by atoms with Gasteiger partial charge in [0.25, 0.3) is 5.91 Å². The summed E-state index contributed by atoms with van der Waals surface area (Å²) in [6.45, 7) is 1.65. The molecule has 2 aromatic rings. The zero-order chi connectivity index (χ0) is 17.5. The molecule has 0 fully saturated rings. The molecule has 0 aliphatic heterocycles. The van der Waals surface area contributed by atoms with Crippen LogP contribution in [0.15, 0.2) is 53.6 Å². The summed E-state index contributed by atoms with van der Waals surface area (Å²) in [6, 6.07) is 13.6. The molecule has 2 amide bonds. The first-order valence-electron chi connectivity index (χ1n) is 7.09. The number of nitrogens with zero attached hydrogens (tertiary/aromatic N) is 1. The lowest BCUT2D eigenvalue weighted by Gasteiger charge is -2.06. The van der Waals surface area contributed by atoms with Crippen LogP contribution in [0.25, 0.3) is 0 Å². The third-order valence-corrected chi connectivity index (χ3v) is 3.55. The highest BCUT2D eigenvalue weighted by Crippen LogP contribution is 2.20. The number of benzene rings is 2. The molecule has 0 saturated carbocycles. The molecular formula is C17H15Cl2N3O2. The van der Waals surface area contributed by atoms with Gasteiger partial charge in [0.15, 0.2) is 0 Å². The molecule has 0 saturated heterocycles. The molecule has 124 valence electrons. The van der Waals surface area contributed by atoms with Crippen molar-refractivity contribution in [3.63, 3.8) is 0 Å². The smallest absolute Gasteiger partial charge is 0.272 e. The minimum Gasteiger partial charge on any atom is -0.326 e. The summed E-state index contributed by atoms with van der Waals surface area (Å²) >= 11 is 11.7. The zero-order valence-corrected chi connectivity index (χ0v) is 14.4. The Morgan fingerprint density at radius 2 is 1.79 bits per heavy atom. The lowest BCUT2D eigenvalue weighted by Crippen LogP contribution is -2.21. The van der Waals surface area contributed by atoms with Crippen LogP contribution in [0.2, 0.25) is 10.0 Å². The Hall–Kier alpha value is -2.37. The molecule has 0 aliphatic rings. The van der Waals surface area contributed by atoms with E-state index >= 15 is 0 Å². The van der Waals surface area contributed by atoms with E-state index < -0.39 is 5.91 Å². The fraction of sp³-hybridized carbons (Fsp3) is 0.118. The Morgan fingerprint density at radius 1 is 1.08 bits per heavy atom. The summed E-state index contributed by atoms with van der Waals surface area (Å²) in [6.07, 6.45) is 0.0591. The van der Waals surface area contributed by atoms with Gasteiger partial charge in [0.1, 0.15) is 0 Å². The van der Waals surface area contributed by atoms with Crippen LogP contribution >= 0.6 is 23.2 Å².